The number of esters is 1. The number of pyridine rings is 1. The van der Waals surface area contributed by atoms with Gasteiger partial charge in [0.05, 0.1) is 18.4 Å². The van der Waals surface area contributed by atoms with Crippen molar-refractivity contribution in [2.24, 2.45) is 0 Å². The zero-order valence-electron chi connectivity index (χ0n) is 8.22. The van der Waals surface area contributed by atoms with Gasteiger partial charge in [0.25, 0.3) is 6.43 Å². The molecule has 0 aliphatic rings. The van der Waals surface area contributed by atoms with Crippen molar-refractivity contribution < 1.29 is 18.3 Å². The Hall–Kier alpha value is -1.24. The standard InChI is InChI=1S/C9H8BrF2NO3/c1-16-9(15)6-4(3-10)2-5(14)13-7(6)8(11)12/h2,8H,3H2,1H3,(H,13,14). The molecule has 0 bridgehead atoms. The Morgan fingerprint density at radius 3 is 2.69 bits per heavy atom. The number of hydrogen-bond donors (Lipinski definition) is 1. The van der Waals surface area contributed by atoms with Gasteiger partial charge in [-0.15, -0.1) is 0 Å². The number of nitrogens with one attached hydrogen (secondary N) is 1. The van der Waals surface area contributed by atoms with Crippen molar-refractivity contribution in [3.8, 4) is 0 Å². The van der Waals surface area contributed by atoms with Gasteiger partial charge in [-0.25, -0.2) is 13.6 Å². The molecule has 0 fully saturated rings. The van der Waals surface area contributed by atoms with Crippen LogP contribution in [0.15, 0.2) is 10.9 Å². The van der Waals surface area contributed by atoms with E-state index in [-0.39, 0.29) is 16.5 Å². The van der Waals surface area contributed by atoms with Gasteiger partial charge in [0, 0.05) is 11.4 Å². The van der Waals surface area contributed by atoms with Crippen molar-refractivity contribution in [2.75, 3.05) is 7.11 Å². The Kier molecular flexibility index (Phi) is 4.17. The molecule has 0 saturated carbocycles. The molecule has 0 saturated heterocycles. The number of ether oxygens (including phenoxy) is 1. The van der Waals surface area contributed by atoms with E-state index in [1.165, 1.54) is 0 Å². The quantitative estimate of drug-likeness (QED) is 0.685. The van der Waals surface area contributed by atoms with Crippen LogP contribution in [0.25, 0.3) is 0 Å². The number of methoxy groups -OCH3 is 1. The van der Waals surface area contributed by atoms with Crippen LogP contribution in [-0.4, -0.2) is 18.1 Å². The van der Waals surface area contributed by atoms with Crippen molar-refractivity contribution in [3.63, 3.8) is 0 Å². The monoisotopic (exact) mass is 295 g/mol. The maximum absolute atomic E-state index is 12.6. The van der Waals surface area contributed by atoms with E-state index in [2.05, 4.69) is 20.7 Å². The molecule has 1 N–H and O–H groups in total. The molecule has 7 heteroatoms. The van der Waals surface area contributed by atoms with E-state index in [0.717, 1.165) is 13.2 Å². The first-order chi connectivity index (χ1) is 7.51. The summed E-state index contributed by atoms with van der Waals surface area (Å²) in [4.78, 5) is 24.3. The lowest BCUT2D eigenvalue weighted by atomic mass is 10.1. The second kappa shape index (κ2) is 5.20. The van der Waals surface area contributed by atoms with E-state index in [0.29, 0.717) is 0 Å². The molecule has 0 aliphatic heterocycles. The first kappa shape index (κ1) is 12.8. The van der Waals surface area contributed by atoms with E-state index in [1.54, 1.807) is 0 Å². The number of H-pyrrole nitrogens is 1. The summed E-state index contributed by atoms with van der Waals surface area (Å²) >= 11 is 3.02. The smallest absolute Gasteiger partial charge is 0.340 e. The molecule has 0 aromatic carbocycles. The average molecular weight is 296 g/mol. The van der Waals surface area contributed by atoms with Crippen LogP contribution >= 0.6 is 15.9 Å². The summed E-state index contributed by atoms with van der Waals surface area (Å²) in [5, 5.41) is 0.112. The van der Waals surface area contributed by atoms with Crippen LogP contribution in [0.2, 0.25) is 0 Å². The molecule has 1 aromatic heterocycles. The third-order valence-electron chi connectivity index (χ3n) is 1.91. The summed E-state index contributed by atoms with van der Waals surface area (Å²) in [6.07, 6.45) is -2.94. The van der Waals surface area contributed by atoms with Crippen molar-refractivity contribution >= 4 is 21.9 Å². The van der Waals surface area contributed by atoms with Crippen LogP contribution in [0, 0.1) is 0 Å². The molecular weight excluding hydrogens is 288 g/mol. The number of hydrogen-bond acceptors (Lipinski definition) is 3. The van der Waals surface area contributed by atoms with Crippen LogP contribution in [0.5, 0.6) is 0 Å². The maximum Gasteiger partial charge on any atom is 0.340 e. The van der Waals surface area contributed by atoms with Crippen molar-refractivity contribution in [1.82, 2.24) is 4.98 Å². The molecule has 0 atom stereocenters. The number of halogens is 3. The van der Waals surface area contributed by atoms with Crippen LogP contribution < -0.4 is 5.56 Å². The highest BCUT2D eigenvalue weighted by Crippen LogP contribution is 2.24. The lowest BCUT2D eigenvalue weighted by Crippen LogP contribution is -2.18. The Balaban J connectivity index is 3.51. The van der Waals surface area contributed by atoms with Gasteiger partial charge in [0.2, 0.25) is 5.56 Å². The van der Waals surface area contributed by atoms with Crippen LogP contribution in [0.1, 0.15) is 28.0 Å². The summed E-state index contributed by atoms with van der Waals surface area (Å²) < 4.78 is 29.6. The molecule has 4 nitrogen and oxygen atoms in total. The van der Waals surface area contributed by atoms with Gasteiger partial charge in [0.15, 0.2) is 0 Å². The van der Waals surface area contributed by atoms with Crippen molar-refractivity contribution in [2.45, 2.75) is 11.8 Å². The number of carbonyl (C=O) groups excluding carboxylic acids is 1. The normalized spacial score (nSPS) is 10.6. The number of alkyl halides is 3. The van der Waals surface area contributed by atoms with Gasteiger partial charge in [0.1, 0.15) is 0 Å². The molecule has 0 radical (unpaired) electrons. The van der Waals surface area contributed by atoms with Crippen molar-refractivity contribution in [3.05, 3.63) is 33.2 Å². The highest BCUT2D eigenvalue weighted by molar-refractivity contribution is 9.08. The summed E-state index contributed by atoms with van der Waals surface area (Å²) in [6.45, 7) is 0. The van der Waals surface area contributed by atoms with Crippen LogP contribution in [0.3, 0.4) is 0 Å². The molecule has 1 rings (SSSR count). The molecule has 1 heterocycles. The molecule has 16 heavy (non-hydrogen) atoms. The van der Waals surface area contributed by atoms with Crippen molar-refractivity contribution in [1.29, 1.82) is 0 Å². The highest BCUT2D eigenvalue weighted by Gasteiger charge is 2.23. The number of aromatic nitrogens is 1. The molecule has 1 aromatic rings. The van der Waals surface area contributed by atoms with E-state index >= 15 is 0 Å². The predicted octanol–water partition coefficient (Wildman–Crippen LogP) is 1.99. The summed E-state index contributed by atoms with van der Waals surface area (Å²) in [6, 6.07) is 1.08. The Labute approximate surface area is 97.7 Å². The second-order valence-electron chi connectivity index (χ2n) is 2.87. The van der Waals surface area contributed by atoms with Gasteiger partial charge < -0.3 is 9.72 Å². The van der Waals surface area contributed by atoms with Crippen LogP contribution in [-0.2, 0) is 10.1 Å². The first-order valence-corrected chi connectivity index (χ1v) is 5.32. The van der Waals surface area contributed by atoms with E-state index < -0.39 is 23.6 Å². The summed E-state index contributed by atoms with van der Waals surface area (Å²) in [5.41, 5.74) is -1.52. The zero-order chi connectivity index (χ0) is 12.3. The minimum Gasteiger partial charge on any atom is -0.465 e. The minimum atomic E-state index is -2.94. The van der Waals surface area contributed by atoms with Gasteiger partial charge in [-0.3, -0.25) is 4.79 Å². The number of rotatable bonds is 3. The van der Waals surface area contributed by atoms with Crippen LogP contribution in [0.4, 0.5) is 8.78 Å². The molecule has 0 amide bonds. The number of aromatic amines is 1. The summed E-state index contributed by atoms with van der Waals surface area (Å²) in [5.74, 6) is -0.902. The zero-order valence-corrected chi connectivity index (χ0v) is 9.81. The lowest BCUT2D eigenvalue weighted by Gasteiger charge is -2.10. The fraction of sp³-hybridized carbons (Fsp3) is 0.333. The number of carbonyl (C=O) groups is 1. The van der Waals surface area contributed by atoms with Gasteiger partial charge in [-0.1, -0.05) is 15.9 Å². The Bertz CT molecular complexity index is 459. The molecule has 0 spiro atoms. The Morgan fingerprint density at radius 2 is 2.25 bits per heavy atom. The minimum absolute atomic E-state index is 0.112. The third-order valence-corrected chi connectivity index (χ3v) is 2.51. The summed E-state index contributed by atoms with van der Waals surface area (Å²) in [7, 11) is 1.08. The lowest BCUT2D eigenvalue weighted by molar-refractivity contribution is 0.0586. The first-order valence-electron chi connectivity index (χ1n) is 4.19. The second-order valence-corrected chi connectivity index (χ2v) is 3.43. The Morgan fingerprint density at radius 1 is 1.62 bits per heavy atom. The third kappa shape index (κ3) is 2.46. The highest BCUT2D eigenvalue weighted by atomic mass is 79.9. The molecule has 0 aliphatic carbocycles. The van der Waals surface area contributed by atoms with E-state index in [1.807, 2.05) is 4.98 Å². The predicted molar refractivity (Wildman–Crippen MR) is 56.0 cm³/mol. The van der Waals surface area contributed by atoms with Gasteiger partial charge in [-0.05, 0) is 5.56 Å². The van der Waals surface area contributed by atoms with Gasteiger partial charge in [-0.2, -0.15) is 0 Å². The molecular formula is C9H8BrF2NO3. The molecule has 88 valence electrons. The van der Waals surface area contributed by atoms with Gasteiger partial charge >= 0.3 is 5.97 Å². The fourth-order valence-corrected chi connectivity index (χ4v) is 1.69. The SMILES string of the molecule is COC(=O)c1c(CBr)cc(=O)[nH]c1C(F)F. The fourth-order valence-electron chi connectivity index (χ4n) is 1.25. The van der Waals surface area contributed by atoms with E-state index in [4.69, 9.17) is 0 Å². The van der Waals surface area contributed by atoms with E-state index in [9.17, 15) is 18.4 Å². The maximum atomic E-state index is 12.6. The largest absolute Gasteiger partial charge is 0.465 e. The average Bonchev–Trinajstić information content (AvgIpc) is 2.26. The molecule has 0 unspecified atom stereocenters. The topological polar surface area (TPSA) is 59.2 Å².